The van der Waals surface area contributed by atoms with Crippen molar-refractivity contribution in [2.45, 2.75) is 0 Å². The summed E-state index contributed by atoms with van der Waals surface area (Å²) in [7, 11) is 0. The van der Waals surface area contributed by atoms with Gasteiger partial charge in [-0.3, -0.25) is 0 Å². The summed E-state index contributed by atoms with van der Waals surface area (Å²) >= 11 is 0. The molecule has 1 aliphatic rings. The fourth-order valence-electron chi connectivity index (χ4n) is 2.64. The number of aromatic amines is 1. The SMILES string of the molecule is N#CC(=CC1=Cc2ccccc2OC1)c1nc2ccccc2[nH]1. The number of imidazole rings is 1. The predicted molar refractivity (Wildman–Crippen MR) is 89.6 cm³/mol. The number of nitrogens with zero attached hydrogens (tertiary/aromatic N) is 2. The van der Waals surface area contributed by atoms with Gasteiger partial charge in [0.25, 0.3) is 0 Å². The zero-order chi connectivity index (χ0) is 15.6. The number of H-pyrrole nitrogens is 1. The highest BCUT2D eigenvalue weighted by Gasteiger charge is 2.12. The molecule has 4 nitrogen and oxygen atoms in total. The molecule has 0 fully saturated rings. The molecule has 3 aromatic rings. The van der Waals surface area contributed by atoms with Crippen LogP contribution in [0.5, 0.6) is 5.75 Å². The maximum Gasteiger partial charge on any atom is 0.149 e. The molecular weight excluding hydrogens is 286 g/mol. The third-order valence-electron chi connectivity index (χ3n) is 3.75. The number of ether oxygens (including phenoxy) is 1. The molecule has 1 aliphatic heterocycles. The summed E-state index contributed by atoms with van der Waals surface area (Å²) in [5.74, 6) is 1.44. The van der Waals surface area contributed by atoms with Crippen molar-refractivity contribution in [3.8, 4) is 11.8 Å². The van der Waals surface area contributed by atoms with Crippen molar-refractivity contribution in [2.75, 3.05) is 6.61 Å². The van der Waals surface area contributed by atoms with Gasteiger partial charge in [-0.15, -0.1) is 0 Å². The number of hydrogen-bond donors (Lipinski definition) is 1. The number of benzene rings is 2. The van der Waals surface area contributed by atoms with Crippen LogP contribution in [0.15, 0.2) is 60.2 Å². The summed E-state index contributed by atoms with van der Waals surface area (Å²) in [6, 6.07) is 17.8. The minimum atomic E-state index is 0.447. The van der Waals surface area contributed by atoms with Gasteiger partial charge in [0, 0.05) is 5.56 Å². The molecule has 0 bridgehead atoms. The molecule has 0 radical (unpaired) electrons. The van der Waals surface area contributed by atoms with Crippen LogP contribution in [0, 0.1) is 11.3 Å². The molecule has 0 saturated heterocycles. The Balaban J connectivity index is 1.74. The number of hydrogen-bond acceptors (Lipinski definition) is 3. The Morgan fingerprint density at radius 2 is 2.00 bits per heavy atom. The lowest BCUT2D eigenvalue weighted by atomic mass is 10.1. The van der Waals surface area contributed by atoms with E-state index in [1.807, 2.05) is 60.7 Å². The molecule has 110 valence electrons. The number of allylic oxidation sites excluding steroid dienone is 1. The Morgan fingerprint density at radius 1 is 1.17 bits per heavy atom. The van der Waals surface area contributed by atoms with E-state index >= 15 is 0 Å². The molecule has 4 rings (SSSR count). The van der Waals surface area contributed by atoms with Crippen molar-refractivity contribution in [3.63, 3.8) is 0 Å². The number of nitriles is 1. The topological polar surface area (TPSA) is 61.7 Å². The highest BCUT2D eigenvalue weighted by atomic mass is 16.5. The largest absolute Gasteiger partial charge is 0.488 e. The monoisotopic (exact) mass is 299 g/mol. The number of para-hydroxylation sites is 3. The number of fused-ring (bicyclic) bond motifs is 2. The van der Waals surface area contributed by atoms with E-state index in [0.717, 1.165) is 27.9 Å². The first-order valence-corrected chi connectivity index (χ1v) is 7.33. The average molecular weight is 299 g/mol. The molecule has 0 amide bonds. The van der Waals surface area contributed by atoms with Crippen LogP contribution >= 0.6 is 0 Å². The number of nitrogens with one attached hydrogen (secondary N) is 1. The van der Waals surface area contributed by atoms with Crippen LogP contribution in [0.1, 0.15) is 11.4 Å². The number of aromatic nitrogens is 2. The van der Waals surface area contributed by atoms with Crippen LogP contribution in [0.25, 0.3) is 22.7 Å². The van der Waals surface area contributed by atoms with Gasteiger partial charge in [-0.05, 0) is 35.9 Å². The van der Waals surface area contributed by atoms with E-state index in [0.29, 0.717) is 18.0 Å². The van der Waals surface area contributed by atoms with E-state index in [4.69, 9.17) is 4.74 Å². The third-order valence-corrected chi connectivity index (χ3v) is 3.75. The molecule has 2 aromatic carbocycles. The Kier molecular flexibility index (Phi) is 3.17. The smallest absolute Gasteiger partial charge is 0.149 e. The second kappa shape index (κ2) is 5.47. The maximum atomic E-state index is 9.48. The van der Waals surface area contributed by atoms with E-state index < -0.39 is 0 Å². The molecular formula is C19H13N3O. The summed E-state index contributed by atoms with van der Waals surface area (Å²) in [5, 5.41) is 9.48. The van der Waals surface area contributed by atoms with Crippen LogP contribution in [0.4, 0.5) is 0 Å². The van der Waals surface area contributed by atoms with Crippen LogP contribution in [0.2, 0.25) is 0 Å². The zero-order valence-electron chi connectivity index (χ0n) is 12.3. The van der Waals surface area contributed by atoms with Gasteiger partial charge in [0.15, 0.2) is 0 Å². The quantitative estimate of drug-likeness (QED) is 0.729. The van der Waals surface area contributed by atoms with Gasteiger partial charge in [-0.2, -0.15) is 5.26 Å². The fourth-order valence-corrected chi connectivity index (χ4v) is 2.64. The van der Waals surface area contributed by atoms with Gasteiger partial charge < -0.3 is 9.72 Å². The van der Waals surface area contributed by atoms with Crippen molar-refractivity contribution in [3.05, 3.63) is 71.6 Å². The lowest BCUT2D eigenvalue weighted by Crippen LogP contribution is -2.06. The molecule has 0 unspecified atom stereocenters. The molecule has 0 spiro atoms. The maximum absolute atomic E-state index is 9.48. The van der Waals surface area contributed by atoms with Crippen LogP contribution < -0.4 is 4.74 Å². The Bertz CT molecular complexity index is 956. The standard InChI is InChI=1S/C19H13N3O/c20-11-15(19-21-16-6-2-3-7-17(16)22-19)10-13-9-14-5-1-4-8-18(14)23-12-13/h1-10H,12H2,(H,21,22). The lowest BCUT2D eigenvalue weighted by molar-refractivity contribution is 0.351. The summed E-state index contributed by atoms with van der Waals surface area (Å²) < 4.78 is 5.72. The predicted octanol–water partition coefficient (Wildman–Crippen LogP) is 3.95. The molecule has 0 aliphatic carbocycles. The van der Waals surface area contributed by atoms with Gasteiger partial charge in [-0.1, -0.05) is 30.3 Å². The molecule has 1 aromatic heterocycles. The van der Waals surface area contributed by atoms with E-state index in [1.165, 1.54) is 0 Å². The van der Waals surface area contributed by atoms with Crippen molar-refractivity contribution in [2.24, 2.45) is 0 Å². The number of rotatable bonds is 2. The van der Waals surface area contributed by atoms with Crippen LogP contribution in [-0.2, 0) is 0 Å². The van der Waals surface area contributed by atoms with Crippen molar-refractivity contribution < 1.29 is 4.74 Å². The molecule has 23 heavy (non-hydrogen) atoms. The van der Waals surface area contributed by atoms with Crippen molar-refractivity contribution in [1.29, 1.82) is 5.26 Å². The van der Waals surface area contributed by atoms with Crippen molar-refractivity contribution in [1.82, 2.24) is 9.97 Å². The summed E-state index contributed by atoms with van der Waals surface area (Å²) in [6.07, 6.45) is 3.87. The average Bonchev–Trinajstić information content (AvgIpc) is 3.03. The minimum Gasteiger partial charge on any atom is -0.488 e. The Labute approximate surface area is 133 Å². The van der Waals surface area contributed by atoms with E-state index in [9.17, 15) is 5.26 Å². The van der Waals surface area contributed by atoms with Crippen LogP contribution in [0.3, 0.4) is 0 Å². The zero-order valence-corrected chi connectivity index (χ0v) is 12.3. The van der Waals surface area contributed by atoms with Gasteiger partial charge in [0.2, 0.25) is 0 Å². The van der Waals surface area contributed by atoms with E-state index in [-0.39, 0.29) is 0 Å². The van der Waals surface area contributed by atoms with E-state index in [2.05, 4.69) is 16.0 Å². The molecule has 0 saturated carbocycles. The second-order valence-corrected chi connectivity index (χ2v) is 5.32. The molecule has 1 N–H and O–H groups in total. The second-order valence-electron chi connectivity index (χ2n) is 5.32. The fraction of sp³-hybridized carbons (Fsp3) is 0.0526. The van der Waals surface area contributed by atoms with Gasteiger partial charge >= 0.3 is 0 Å². The first-order chi connectivity index (χ1) is 11.3. The van der Waals surface area contributed by atoms with E-state index in [1.54, 1.807) is 0 Å². The van der Waals surface area contributed by atoms with Gasteiger partial charge in [0.05, 0.1) is 16.6 Å². The highest BCUT2D eigenvalue weighted by molar-refractivity contribution is 5.84. The van der Waals surface area contributed by atoms with Gasteiger partial charge in [0.1, 0.15) is 24.3 Å². The lowest BCUT2D eigenvalue weighted by Gasteiger charge is -2.15. The summed E-state index contributed by atoms with van der Waals surface area (Å²) in [6.45, 7) is 0.447. The normalized spacial score (nSPS) is 13.9. The highest BCUT2D eigenvalue weighted by Crippen LogP contribution is 2.27. The molecule has 0 atom stereocenters. The minimum absolute atomic E-state index is 0.447. The van der Waals surface area contributed by atoms with Crippen LogP contribution in [-0.4, -0.2) is 16.6 Å². The van der Waals surface area contributed by atoms with Gasteiger partial charge in [-0.25, -0.2) is 4.98 Å². The third kappa shape index (κ3) is 2.49. The Morgan fingerprint density at radius 3 is 2.87 bits per heavy atom. The molecule has 4 heteroatoms. The molecule has 2 heterocycles. The summed E-state index contributed by atoms with van der Waals surface area (Å²) in [5.41, 5.74) is 4.23. The summed E-state index contributed by atoms with van der Waals surface area (Å²) in [4.78, 5) is 7.66. The first-order valence-electron chi connectivity index (χ1n) is 7.33. The Hall–Kier alpha value is -3.32. The first kappa shape index (κ1) is 13.4. The van der Waals surface area contributed by atoms with Crippen molar-refractivity contribution >= 4 is 22.7 Å².